The minimum Gasteiger partial charge on any atom is -0.458 e. The van der Waals surface area contributed by atoms with Crippen molar-refractivity contribution in [1.29, 1.82) is 0 Å². The fourth-order valence-electron chi connectivity index (χ4n) is 17.0. The fraction of sp³-hybridized carbons (Fsp3) is 0.932. The van der Waals surface area contributed by atoms with Crippen molar-refractivity contribution in [3.63, 3.8) is 0 Å². The van der Waals surface area contributed by atoms with E-state index < -0.39 is 232 Å². The van der Waals surface area contributed by atoms with Gasteiger partial charge in [-0.1, -0.05) is 38.8 Å². The number of aliphatic hydroxyl groups is 16. The lowest BCUT2D eigenvalue weighted by atomic mass is 9.43. The number of ketones is 1. The zero-order valence-corrected chi connectivity index (χ0v) is 51.0. The van der Waals surface area contributed by atoms with Crippen molar-refractivity contribution < 1.29 is 153 Å². The van der Waals surface area contributed by atoms with Gasteiger partial charge in [-0.25, -0.2) is 0 Å². The van der Waals surface area contributed by atoms with E-state index in [2.05, 4.69) is 13.8 Å². The Labute approximate surface area is 518 Å². The van der Waals surface area contributed by atoms with Gasteiger partial charge in [0.1, 0.15) is 133 Å². The number of hydrogen-bond donors (Lipinski definition) is 16. The van der Waals surface area contributed by atoms with Gasteiger partial charge in [-0.15, -0.1) is 0 Å². The van der Waals surface area contributed by atoms with Crippen LogP contribution < -0.4 is 0 Å². The second-order valence-corrected chi connectivity index (χ2v) is 27.7. The number of Topliss-reactive ketones (excluding diaryl/α,β-unsaturated/α-hetero) is 1. The lowest BCUT2D eigenvalue weighted by Crippen LogP contribution is -2.68. The van der Waals surface area contributed by atoms with Crippen molar-refractivity contribution in [1.82, 2.24) is 0 Å². The SMILES string of the molecule is CC1CC2(CC(=O)C3(C)C4=C(CCC23C)C2(C)CCC(OC3OC(COC5OCC(O)C(O)C5OC5OC(CO)C(O)C(OC6OCC(O)C(O)C6OC6OC(CO)C(O)C6O)C5OC5OC(C)C(O)C(O)C5O)C(O)C(O)C3O)C(C)(CO)C2CC4)OC1=O. The Morgan fingerprint density at radius 2 is 1.04 bits per heavy atom. The van der Waals surface area contributed by atoms with Gasteiger partial charge in [0.25, 0.3) is 0 Å². The van der Waals surface area contributed by atoms with Gasteiger partial charge in [-0.3, -0.25) is 9.59 Å². The molecule has 0 aromatic carbocycles. The predicted octanol–water partition coefficient (Wildman–Crippen LogP) is -6.16. The molecule has 31 nitrogen and oxygen atoms in total. The summed E-state index contributed by atoms with van der Waals surface area (Å²) in [6, 6.07) is 0. The molecular formula is C59H92O31. The first-order valence-electron chi connectivity index (χ1n) is 31.3. The maximum absolute atomic E-state index is 14.5. The highest BCUT2D eigenvalue weighted by Gasteiger charge is 2.75. The van der Waals surface area contributed by atoms with Crippen LogP contribution in [0.5, 0.6) is 0 Å². The number of ether oxygens (including phenoxy) is 13. The van der Waals surface area contributed by atoms with Crippen LogP contribution >= 0.6 is 0 Å². The molecule has 7 saturated heterocycles. The minimum atomic E-state index is -2.07. The van der Waals surface area contributed by atoms with E-state index >= 15 is 0 Å². The molecule has 31 heteroatoms. The third kappa shape index (κ3) is 11.3. The lowest BCUT2D eigenvalue weighted by molar-refractivity contribution is -0.407. The molecule has 4 aliphatic carbocycles. The summed E-state index contributed by atoms with van der Waals surface area (Å²) >= 11 is 0. The molecule has 0 bridgehead atoms. The van der Waals surface area contributed by atoms with Gasteiger partial charge in [0, 0.05) is 23.7 Å². The van der Waals surface area contributed by atoms with Crippen molar-refractivity contribution in [2.24, 2.45) is 33.5 Å². The van der Waals surface area contributed by atoms with E-state index in [1.807, 2.05) is 20.8 Å². The van der Waals surface area contributed by atoms with E-state index in [0.717, 1.165) is 11.1 Å². The summed E-state index contributed by atoms with van der Waals surface area (Å²) in [5.74, 6) is -0.785. The van der Waals surface area contributed by atoms with E-state index in [1.165, 1.54) is 6.92 Å². The maximum atomic E-state index is 14.5. The van der Waals surface area contributed by atoms with Crippen molar-refractivity contribution in [2.75, 3.05) is 39.6 Å². The Hall–Kier alpha value is -2.24. The zero-order chi connectivity index (χ0) is 65.2. The first-order chi connectivity index (χ1) is 42.4. The van der Waals surface area contributed by atoms with E-state index in [-0.39, 0.29) is 36.6 Å². The molecule has 0 aromatic rings. The fourth-order valence-corrected chi connectivity index (χ4v) is 17.0. The van der Waals surface area contributed by atoms with Crippen LogP contribution in [0.25, 0.3) is 0 Å². The number of carbonyl (C=O) groups excluding carboxylic acids is 2. The molecular weight excluding hydrogens is 1200 g/mol. The Morgan fingerprint density at radius 1 is 0.511 bits per heavy atom. The molecule has 0 aromatic heterocycles. The number of fused-ring (bicyclic) bond motifs is 5. The summed E-state index contributed by atoms with van der Waals surface area (Å²) < 4.78 is 78.4. The van der Waals surface area contributed by atoms with Gasteiger partial charge in [0.2, 0.25) is 0 Å². The van der Waals surface area contributed by atoms with E-state index in [4.69, 9.17) is 61.6 Å². The molecule has 35 unspecified atom stereocenters. The van der Waals surface area contributed by atoms with Crippen LogP contribution in [0.1, 0.15) is 92.9 Å². The second-order valence-electron chi connectivity index (χ2n) is 27.7. The highest BCUT2D eigenvalue weighted by atomic mass is 16.8. The number of hydrogen-bond acceptors (Lipinski definition) is 31. The highest BCUT2D eigenvalue weighted by molar-refractivity contribution is 5.94. The largest absolute Gasteiger partial charge is 0.458 e. The monoisotopic (exact) mass is 1300 g/mol. The molecule has 0 radical (unpaired) electrons. The molecule has 11 rings (SSSR count). The number of carbonyl (C=O) groups is 2. The third-order valence-electron chi connectivity index (χ3n) is 22.8. The molecule has 0 amide bonds. The summed E-state index contributed by atoms with van der Waals surface area (Å²) in [7, 11) is 0. The van der Waals surface area contributed by atoms with Gasteiger partial charge in [0.15, 0.2) is 37.7 Å². The standard InChI is InChI=1S/C59H92O31/c1-21-13-59(90-48(21)77)14-31(65)58(6)24-7-8-30-55(3,23(24)9-12-57(58,59)5)11-10-32(56(30,4)20-62)85-50-43(76)40(73)37(70)29(84-50)19-80-52-45(34(67)25(63)17-78-52)88-54-47(89-49-42(75)39(72)33(66)22(2)81-49)44(38(71)28(16-61)83-54)86-53-46(35(68)26(64)18-79-53)87-51-41(74)36(69)27(15-60)82-51/h21-22,25-30,32-47,49-54,60-64,66-76H,7-20H2,1-6H3. The van der Waals surface area contributed by atoms with Crippen LogP contribution in [0.4, 0.5) is 0 Å². The van der Waals surface area contributed by atoms with Crippen LogP contribution in [0.2, 0.25) is 0 Å². The van der Waals surface area contributed by atoms with Crippen LogP contribution in [0.3, 0.4) is 0 Å². The van der Waals surface area contributed by atoms with Crippen LogP contribution in [-0.4, -0.2) is 311 Å². The van der Waals surface area contributed by atoms with Gasteiger partial charge < -0.3 is 143 Å². The molecule has 9 fully saturated rings. The Kier molecular flexibility index (Phi) is 19.9. The van der Waals surface area contributed by atoms with Gasteiger partial charge in [-0.05, 0) is 63.7 Å². The zero-order valence-electron chi connectivity index (χ0n) is 51.0. The lowest BCUT2D eigenvalue weighted by Gasteiger charge is -2.62. The molecule has 1 spiro atoms. The quantitative estimate of drug-likeness (QED) is 0.0505. The summed E-state index contributed by atoms with van der Waals surface area (Å²) in [4.78, 5) is 27.4. The smallest absolute Gasteiger partial charge is 0.309 e. The molecule has 2 saturated carbocycles. The second kappa shape index (κ2) is 26.0. The van der Waals surface area contributed by atoms with Crippen molar-refractivity contribution >= 4 is 11.8 Å². The molecule has 514 valence electrons. The Balaban J connectivity index is 0.817. The first kappa shape index (κ1) is 69.1. The van der Waals surface area contributed by atoms with Gasteiger partial charge in [0.05, 0.1) is 63.2 Å². The summed E-state index contributed by atoms with van der Waals surface area (Å²) in [6.07, 6.45) is -45.7. The molecule has 35 atom stereocenters. The van der Waals surface area contributed by atoms with Crippen LogP contribution in [-0.2, 0) is 71.2 Å². The summed E-state index contributed by atoms with van der Waals surface area (Å²) in [6.45, 7) is 7.21. The van der Waals surface area contributed by atoms with Gasteiger partial charge >= 0.3 is 5.97 Å². The first-order valence-corrected chi connectivity index (χ1v) is 31.3. The molecule has 7 heterocycles. The summed E-state index contributed by atoms with van der Waals surface area (Å²) in [5.41, 5.74) is -1.70. The summed E-state index contributed by atoms with van der Waals surface area (Å²) in [5, 5.41) is 177. The average Bonchev–Trinajstić information content (AvgIpc) is 1.44. The van der Waals surface area contributed by atoms with Crippen molar-refractivity contribution in [3.8, 4) is 0 Å². The van der Waals surface area contributed by atoms with Crippen LogP contribution in [0, 0.1) is 33.5 Å². The Morgan fingerprint density at radius 3 is 1.67 bits per heavy atom. The normalized spacial score (nSPS) is 54.8. The third-order valence-corrected chi connectivity index (χ3v) is 22.8. The Bertz CT molecular complexity index is 2590. The average molecular weight is 1300 g/mol. The molecule has 90 heavy (non-hydrogen) atoms. The van der Waals surface area contributed by atoms with Crippen molar-refractivity contribution in [3.05, 3.63) is 11.1 Å². The number of aliphatic hydroxyl groups excluding tert-OH is 16. The highest BCUT2D eigenvalue weighted by Crippen LogP contribution is 2.73. The predicted molar refractivity (Wildman–Crippen MR) is 292 cm³/mol. The molecule has 11 aliphatic rings. The molecule has 16 N–H and O–H groups in total. The van der Waals surface area contributed by atoms with Crippen molar-refractivity contribution in [2.45, 2.75) is 271 Å². The topological polar surface area (TPSA) is 478 Å². The minimum absolute atomic E-state index is 0.0523. The van der Waals surface area contributed by atoms with E-state index in [9.17, 15) is 91.3 Å². The number of rotatable bonds is 16. The van der Waals surface area contributed by atoms with E-state index in [0.29, 0.717) is 44.9 Å². The number of allylic oxidation sites excluding steroid dienone is 2. The van der Waals surface area contributed by atoms with E-state index in [1.54, 1.807) is 0 Å². The van der Waals surface area contributed by atoms with Crippen LogP contribution in [0.15, 0.2) is 11.1 Å². The number of esters is 1. The maximum Gasteiger partial charge on any atom is 0.309 e. The van der Waals surface area contributed by atoms with Gasteiger partial charge in [-0.2, -0.15) is 0 Å². The molecule has 7 aliphatic heterocycles.